The van der Waals surface area contributed by atoms with Crippen molar-refractivity contribution in [3.8, 4) is 0 Å². The van der Waals surface area contributed by atoms with Crippen LogP contribution < -0.4 is 15.5 Å². The third-order valence-corrected chi connectivity index (χ3v) is 3.81. The van der Waals surface area contributed by atoms with Crippen molar-refractivity contribution in [1.82, 2.24) is 0 Å². The molecular weight excluding hydrogens is 358 g/mol. The number of halogens is 1. The van der Waals surface area contributed by atoms with Crippen LogP contribution in [0.15, 0.2) is 42.5 Å². The van der Waals surface area contributed by atoms with E-state index in [1.807, 2.05) is 31.1 Å². The molecule has 0 aliphatic heterocycles. The highest BCUT2D eigenvalue weighted by Crippen LogP contribution is 2.23. The number of ether oxygens (including phenoxy) is 1. The number of methoxy groups -OCH3 is 1. The molecule has 0 heterocycles. The first kappa shape index (κ1) is 19.3. The number of nitrogens with zero attached hydrogens (tertiary/aromatic N) is 1. The van der Waals surface area contributed by atoms with Gasteiger partial charge in [0.1, 0.15) is 0 Å². The Morgan fingerprint density at radius 3 is 2.15 bits per heavy atom. The van der Waals surface area contributed by atoms with Gasteiger partial charge in [0.25, 0.3) is 0 Å². The van der Waals surface area contributed by atoms with Crippen LogP contribution in [0.25, 0.3) is 0 Å². The van der Waals surface area contributed by atoms with Gasteiger partial charge in [0.05, 0.1) is 23.4 Å². The van der Waals surface area contributed by atoms with Crippen molar-refractivity contribution in [1.29, 1.82) is 0 Å². The third kappa shape index (κ3) is 4.73. The molecule has 2 N–H and O–H groups in total. The molecule has 2 amide bonds. The van der Waals surface area contributed by atoms with E-state index in [0.29, 0.717) is 5.69 Å². The quantitative estimate of drug-likeness (QED) is 0.633. The average molecular weight is 376 g/mol. The largest absolute Gasteiger partial charge is 0.465 e. The van der Waals surface area contributed by atoms with E-state index >= 15 is 0 Å². The third-order valence-electron chi connectivity index (χ3n) is 3.48. The maximum absolute atomic E-state index is 12.1. The Balaban J connectivity index is 2.07. The number of rotatable bonds is 4. The highest BCUT2D eigenvalue weighted by Gasteiger charge is 2.17. The van der Waals surface area contributed by atoms with Gasteiger partial charge >= 0.3 is 17.8 Å². The number of nitrogens with one attached hydrogen (secondary N) is 2. The molecule has 0 aromatic heterocycles. The highest BCUT2D eigenvalue weighted by molar-refractivity contribution is 6.44. The molecule has 8 heteroatoms. The van der Waals surface area contributed by atoms with E-state index in [2.05, 4.69) is 15.4 Å². The molecule has 0 aliphatic carbocycles. The second-order valence-corrected chi connectivity index (χ2v) is 5.94. The summed E-state index contributed by atoms with van der Waals surface area (Å²) < 4.78 is 4.61. The summed E-state index contributed by atoms with van der Waals surface area (Å²) in [6.07, 6.45) is 0. The summed E-state index contributed by atoms with van der Waals surface area (Å²) in [6, 6.07) is 11.2. The summed E-state index contributed by atoms with van der Waals surface area (Å²) in [4.78, 5) is 37.6. The molecule has 2 aromatic carbocycles. The van der Waals surface area contributed by atoms with E-state index in [9.17, 15) is 14.4 Å². The van der Waals surface area contributed by atoms with E-state index < -0.39 is 17.8 Å². The Morgan fingerprint density at radius 1 is 0.962 bits per heavy atom. The van der Waals surface area contributed by atoms with E-state index in [1.54, 1.807) is 12.1 Å². The highest BCUT2D eigenvalue weighted by atomic mass is 35.5. The molecule has 0 radical (unpaired) electrons. The minimum Gasteiger partial charge on any atom is -0.465 e. The number of carbonyl (C=O) groups excluding carboxylic acids is 3. The van der Waals surface area contributed by atoms with Crippen LogP contribution in [0.4, 0.5) is 17.1 Å². The molecule has 0 saturated carbocycles. The Labute approximate surface area is 155 Å². The summed E-state index contributed by atoms with van der Waals surface area (Å²) >= 11 is 6.00. The van der Waals surface area contributed by atoms with Gasteiger partial charge in [-0.05, 0) is 42.5 Å². The number of hydrogen-bond acceptors (Lipinski definition) is 5. The molecule has 0 spiro atoms. The van der Waals surface area contributed by atoms with Crippen molar-refractivity contribution in [2.75, 3.05) is 36.7 Å². The zero-order valence-corrected chi connectivity index (χ0v) is 15.3. The summed E-state index contributed by atoms with van der Waals surface area (Å²) in [5, 5.41) is 5.06. The first-order valence-corrected chi connectivity index (χ1v) is 7.97. The summed E-state index contributed by atoms with van der Waals surface area (Å²) in [5.74, 6) is -2.35. The molecule has 7 nitrogen and oxygen atoms in total. The van der Waals surface area contributed by atoms with Gasteiger partial charge in [-0.25, -0.2) is 4.79 Å². The van der Waals surface area contributed by atoms with E-state index in [0.717, 1.165) is 5.69 Å². The van der Waals surface area contributed by atoms with Gasteiger partial charge in [-0.15, -0.1) is 0 Å². The molecule has 0 atom stereocenters. The van der Waals surface area contributed by atoms with Gasteiger partial charge in [0.15, 0.2) is 0 Å². The molecule has 2 aromatic rings. The first-order valence-electron chi connectivity index (χ1n) is 7.59. The van der Waals surface area contributed by atoms with Gasteiger partial charge in [-0.3, -0.25) is 9.59 Å². The maximum atomic E-state index is 12.1. The lowest BCUT2D eigenvalue weighted by molar-refractivity contribution is -0.132. The zero-order chi connectivity index (χ0) is 19.3. The van der Waals surface area contributed by atoms with E-state index in [-0.39, 0.29) is 16.3 Å². The molecule has 0 saturated heterocycles. The maximum Gasteiger partial charge on any atom is 0.337 e. The Kier molecular flexibility index (Phi) is 6.19. The Hall–Kier alpha value is -3.06. The van der Waals surface area contributed by atoms with Crippen LogP contribution >= 0.6 is 11.6 Å². The number of benzene rings is 2. The smallest absolute Gasteiger partial charge is 0.337 e. The first-order chi connectivity index (χ1) is 12.3. The summed E-state index contributed by atoms with van der Waals surface area (Å²) in [7, 11) is 5.03. The van der Waals surface area contributed by atoms with E-state index in [1.165, 1.54) is 25.3 Å². The fourth-order valence-corrected chi connectivity index (χ4v) is 2.24. The van der Waals surface area contributed by atoms with E-state index in [4.69, 9.17) is 11.6 Å². The standard InChI is InChI=1S/C18H18ClN3O4/c1-22(2)13-7-5-12(6-8-13)20-16(23)17(24)21-15-10-11(18(25)26-3)4-9-14(15)19/h4-10H,1-3H3,(H,20,23)(H,21,24). The second kappa shape index (κ2) is 8.35. The summed E-state index contributed by atoms with van der Waals surface area (Å²) in [5.41, 5.74) is 1.77. The molecule has 0 unspecified atom stereocenters. The Bertz CT molecular complexity index is 835. The van der Waals surface area contributed by atoms with Crippen molar-refractivity contribution in [2.24, 2.45) is 0 Å². The molecule has 136 valence electrons. The SMILES string of the molecule is COC(=O)c1ccc(Cl)c(NC(=O)C(=O)Nc2ccc(N(C)C)cc2)c1. The molecule has 2 rings (SSSR count). The molecular formula is C18H18ClN3O4. The predicted molar refractivity (Wildman–Crippen MR) is 101 cm³/mol. The molecule has 0 bridgehead atoms. The molecule has 0 aliphatic rings. The lowest BCUT2D eigenvalue weighted by Gasteiger charge is -2.13. The number of amides is 2. The van der Waals surface area contributed by atoms with Crippen molar-refractivity contribution in [3.63, 3.8) is 0 Å². The fraction of sp³-hybridized carbons (Fsp3) is 0.167. The van der Waals surface area contributed by atoms with Crippen LogP contribution in [0.1, 0.15) is 10.4 Å². The van der Waals surface area contributed by atoms with Crippen LogP contribution in [0.2, 0.25) is 5.02 Å². The average Bonchev–Trinajstić information content (AvgIpc) is 2.63. The van der Waals surface area contributed by atoms with Gasteiger partial charge in [-0.1, -0.05) is 11.6 Å². The zero-order valence-electron chi connectivity index (χ0n) is 14.5. The minimum absolute atomic E-state index is 0.137. The van der Waals surface area contributed by atoms with Crippen molar-refractivity contribution in [2.45, 2.75) is 0 Å². The normalized spacial score (nSPS) is 10.0. The van der Waals surface area contributed by atoms with Gasteiger partial charge in [0.2, 0.25) is 0 Å². The Morgan fingerprint density at radius 2 is 1.58 bits per heavy atom. The van der Waals surface area contributed by atoms with Gasteiger partial charge in [-0.2, -0.15) is 0 Å². The lowest BCUT2D eigenvalue weighted by atomic mass is 10.2. The molecule has 0 fully saturated rings. The van der Waals surface area contributed by atoms with Crippen molar-refractivity contribution >= 4 is 46.4 Å². The summed E-state index contributed by atoms with van der Waals surface area (Å²) in [6.45, 7) is 0. The number of carbonyl (C=O) groups is 3. The van der Waals surface area contributed by atoms with Gasteiger partial charge in [0, 0.05) is 25.5 Å². The number of anilines is 3. The fourth-order valence-electron chi connectivity index (χ4n) is 2.08. The van der Waals surface area contributed by atoms with Gasteiger partial charge < -0.3 is 20.3 Å². The molecule has 26 heavy (non-hydrogen) atoms. The minimum atomic E-state index is -0.911. The van der Waals surface area contributed by atoms with Crippen molar-refractivity contribution in [3.05, 3.63) is 53.1 Å². The van der Waals surface area contributed by atoms with Crippen LogP contribution in [0, 0.1) is 0 Å². The van der Waals surface area contributed by atoms with Crippen LogP contribution in [-0.2, 0) is 14.3 Å². The number of hydrogen-bond donors (Lipinski definition) is 2. The predicted octanol–water partition coefficient (Wildman–Crippen LogP) is 2.77. The monoisotopic (exact) mass is 375 g/mol. The van der Waals surface area contributed by atoms with Crippen molar-refractivity contribution < 1.29 is 19.1 Å². The number of esters is 1. The topological polar surface area (TPSA) is 87.7 Å². The second-order valence-electron chi connectivity index (χ2n) is 5.54. The van der Waals surface area contributed by atoms with Crippen LogP contribution in [-0.4, -0.2) is 39.0 Å². The van der Waals surface area contributed by atoms with Crippen LogP contribution in [0.5, 0.6) is 0 Å². The lowest BCUT2D eigenvalue weighted by Crippen LogP contribution is -2.29. The van der Waals surface area contributed by atoms with Crippen LogP contribution in [0.3, 0.4) is 0 Å².